The molecule has 0 spiro atoms. The molecule has 1 aliphatic rings. The van der Waals surface area contributed by atoms with Crippen LogP contribution >= 0.6 is 0 Å². The van der Waals surface area contributed by atoms with E-state index in [1.54, 1.807) is 6.20 Å². The highest BCUT2D eigenvalue weighted by molar-refractivity contribution is 5.90. The first-order valence-corrected chi connectivity index (χ1v) is 15.7. The third kappa shape index (κ3) is 5.89. The molecule has 7 rings (SSSR count). The van der Waals surface area contributed by atoms with E-state index in [-0.39, 0.29) is 17.7 Å². The number of pyridine rings is 2. The van der Waals surface area contributed by atoms with Crippen molar-refractivity contribution in [2.45, 2.75) is 32.4 Å². The second-order valence-electron chi connectivity index (χ2n) is 11.9. The topological polar surface area (TPSA) is 157 Å². The molecule has 12 nitrogen and oxygen atoms in total. The summed E-state index contributed by atoms with van der Waals surface area (Å²) >= 11 is 0. The number of aromatic nitrogens is 4. The van der Waals surface area contributed by atoms with Crippen molar-refractivity contribution in [1.29, 1.82) is 0 Å². The molecule has 0 aliphatic carbocycles. The zero-order valence-electron chi connectivity index (χ0n) is 26.6. The van der Waals surface area contributed by atoms with Gasteiger partial charge in [0.1, 0.15) is 17.0 Å². The van der Waals surface area contributed by atoms with E-state index < -0.39 is 10.9 Å². The van der Waals surface area contributed by atoms with Crippen LogP contribution in [0.2, 0.25) is 0 Å². The number of nitrogen functional groups attached to an aromatic ring is 1. The number of methoxy groups -OCH3 is 1. The summed E-state index contributed by atoms with van der Waals surface area (Å²) in [5.41, 5.74) is 12.0. The Morgan fingerprint density at radius 2 is 1.77 bits per heavy atom. The monoisotopic (exact) mass is 642 g/mol. The Hall–Kier alpha value is -5.88. The molecule has 0 unspecified atom stereocenters. The van der Waals surface area contributed by atoms with Crippen molar-refractivity contribution in [2.24, 2.45) is 0 Å². The molecular weight excluding hydrogens is 608 g/mol. The minimum Gasteiger partial charge on any atom is -0.491 e. The number of nitrogens with one attached hydrogen (secondary N) is 2. The lowest BCUT2D eigenvalue weighted by atomic mass is 10.0. The van der Waals surface area contributed by atoms with Gasteiger partial charge in [-0.2, -0.15) is 0 Å². The van der Waals surface area contributed by atoms with Crippen molar-refractivity contribution >= 4 is 34.3 Å². The van der Waals surface area contributed by atoms with Gasteiger partial charge in [0.05, 0.1) is 18.4 Å². The van der Waals surface area contributed by atoms with E-state index in [1.165, 1.54) is 14.0 Å². The first kappa shape index (κ1) is 30.8. The number of carbonyl (C=O) groups is 1. The molecule has 4 heterocycles. The summed E-state index contributed by atoms with van der Waals surface area (Å²) in [6.07, 6.45) is 3.34. The molecular formula is C36H34N8O4. The van der Waals surface area contributed by atoms with Gasteiger partial charge in [-0.25, -0.2) is 15.0 Å². The number of hydrogen-bond donors (Lipinski definition) is 3. The summed E-state index contributed by atoms with van der Waals surface area (Å²) in [5, 5.41) is 6.05. The molecule has 3 aromatic heterocycles. The van der Waals surface area contributed by atoms with Gasteiger partial charge in [-0.1, -0.05) is 24.3 Å². The molecule has 242 valence electrons. The zero-order chi connectivity index (χ0) is 33.4. The number of nitrogens with zero attached hydrogens (tertiary/aromatic N) is 5. The van der Waals surface area contributed by atoms with Crippen LogP contribution < -0.4 is 32.0 Å². The lowest BCUT2D eigenvalue weighted by Crippen LogP contribution is -2.42. The lowest BCUT2D eigenvalue weighted by molar-refractivity contribution is -0.114. The molecule has 0 atom stereocenters. The van der Waals surface area contributed by atoms with E-state index in [9.17, 15) is 14.4 Å². The van der Waals surface area contributed by atoms with Crippen LogP contribution in [0.25, 0.3) is 39.5 Å². The third-order valence-electron chi connectivity index (χ3n) is 8.67. The second-order valence-corrected chi connectivity index (χ2v) is 11.9. The molecule has 12 heteroatoms. The number of piperidine rings is 1. The van der Waals surface area contributed by atoms with Gasteiger partial charge in [-0.15, -0.1) is 0 Å². The van der Waals surface area contributed by atoms with Crippen LogP contribution in [0.15, 0.2) is 88.6 Å². The van der Waals surface area contributed by atoms with Crippen LogP contribution in [0, 0.1) is 0 Å². The quantitative estimate of drug-likeness (QED) is 0.194. The van der Waals surface area contributed by atoms with Crippen molar-refractivity contribution in [3.8, 4) is 34.1 Å². The smallest absolute Gasteiger partial charge is 0.271 e. The summed E-state index contributed by atoms with van der Waals surface area (Å²) in [6.45, 7) is 3.96. The van der Waals surface area contributed by atoms with E-state index in [1.807, 2.05) is 53.1 Å². The van der Waals surface area contributed by atoms with Crippen LogP contribution in [-0.4, -0.2) is 56.6 Å². The van der Waals surface area contributed by atoms with Gasteiger partial charge in [-0.3, -0.25) is 23.9 Å². The number of benzene rings is 2. The van der Waals surface area contributed by atoms with Gasteiger partial charge in [0.2, 0.25) is 5.91 Å². The Morgan fingerprint density at radius 1 is 0.979 bits per heavy atom. The van der Waals surface area contributed by atoms with E-state index in [2.05, 4.69) is 44.8 Å². The van der Waals surface area contributed by atoms with Gasteiger partial charge in [-0.05, 0) is 66.9 Å². The molecule has 1 fully saturated rings. The highest BCUT2D eigenvalue weighted by Crippen LogP contribution is 2.32. The highest BCUT2D eigenvalue weighted by atomic mass is 16.5. The molecule has 0 radical (unpaired) electrons. The SMILES string of the molecule is COc1c(NC2CCN(Cc3ccc(-n4c(-c5cccnc5N)nc5ccc(-c6cccc(NC(C)=O)c6)nc54)cc3)CC2)c(=O)c1=O. The molecule has 0 saturated carbocycles. The maximum absolute atomic E-state index is 11.9. The normalized spacial score (nSPS) is 14.0. The van der Waals surface area contributed by atoms with Crippen LogP contribution in [0.5, 0.6) is 5.75 Å². The fraction of sp³-hybridized carbons (Fsp3) is 0.222. The Balaban J connectivity index is 1.15. The molecule has 1 amide bonds. The van der Waals surface area contributed by atoms with Crippen LogP contribution in [-0.2, 0) is 11.3 Å². The van der Waals surface area contributed by atoms with E-state index >= 15 is 0 Å². The fourth-order valence-electron chi connectivity index (χ4n) is 6.25. The number of nitrogens with two attached hydrogens (primary N) is 1. The minimum absolute atomic E-state index is 0.110. The van der Waals surface area contributed by atoms with Gasteiger partial charge in [0.15, 0.2) is 17.2 Å². The van der Waals surface area contributed by atoms with Crippen molar-refractivity contribution in [3.05, 3.63) is 105 Å². The molecule has 3 aromatic carbocycles. The summed E-state index contributed by atoms with van der Waals surface area (Å²) in [6, 6.07) is 23.6. The summed E-state index contributed by atoms with van der Waals surface area (Å²) < 4.78 is 7.07. The fourth-order valence-corrected chi connectivity index (χ4v) is 6.25. The van der Waals surface area contributed by atoms with Crippen molar-refractivity contribution in [2.75, 3.05) is 36.6 Å². The largest absolute Gasteiger partial charge is 0.491 e. The van der Waals surface area contributed by atoms with Crippen molar-refractivity contribution in [1.82, 2.24) is 24.4 Å². The van der Waals surface area contributed by atoms with Crippen molar-refractivity contribution in [3.63, 3.8) is 0 Å². The molecule has 0 bridgehead atoms. The van der Waals surface area contributed by atoms with E-state index in [0.29, 0.717) is 39.7 Å². The van der Waals surface area contributed by atoms with Crippen LogP contribution in [0.3, 0.4) is 0 Å². The zero-order valence-corrected chi connectivity index (χ0v) is 26.6. The number of fused-ring (bicyclic) bond motifs is 1. The van der Waals surface area contributed by atoms with E-state index in [4.69, 9.17) is 20.4 Å². The second kappa shape index (κ2) is 12.7. The summed E-state index contributed by atoms with van der Waals surface area (Å²) in [7, 11) is 1.41. The Labute approximate surface area is 275 Å². The summed E-state index contributed by atoms with van der Waals surface area (Å²) in [4.78, 5) is 52.0. The number of carbonyl (C=O) groups excluding carboxylic acids is 1. The predicted molar refractivity (Wildman–Crippen MR) is 186 cm³/mol. The first-order valence-electron chi connectivity index (χ1n) is 15.7. The highest BCUT2D eigenvalue weighted by Gasteiger charge is 2.27. The Bertz CT molecular complexity index is 2210. The maximum Gasteiger partial charge on any atom is 0.271 e. The number of likely N-dealkylation sites (tertiary alicyclic amines) is 1. The average Bonchev–Trinajstić information content (AvgIpc) is 3.47. The number of rotatable bonds is 9. The van der Waals surface area contributed by atoms with Crippen LogP contribution in [0.4, 0.5) is 17.2 Å². The lowest BCUT2D eigenvalue weighted by Gasteiger charge is -2.33. The predicted octanol–water partition coefficient (Wildman–Crippen LogP) is 4.37. The number of amides is 1. The number of anilines is 3. The Kier molecular flexibility index (Phi) is 8.15. The molecule has 4 N–H and O–H groups in total. The first-order chi connectivity index (χ1) is 23.3. The third-order valence-corrected chi connectivity index (χ3v) is 8.67. The Morgan fingerprint density at radius 3 is 2.50 bits per heavy atom. The standard InChI is InChI=1S/C36H34N8O4/c1-21(45)39-25-6-3-5-23(19-25)28-12-13-29-36(41-28)44(35(42-29)27-7-4-16-38-34(27)37)26-10-8-22(9-11-26)20-43-17-14-24(15-18-43)40-30-31(46)32(47)33(30)48-2/h3-13,16,19,24,40H,14-15,17-18,20H2,1-2H3,(H2,37,38)(H,39,45). The average molecular weight is 643 g/mol. The maximum atomic E-state index is 11.9. The molecule has 1 saturated heterocycles. The van der Waals surface area contributed by atoms with E-state index in [0.717, 1.165) is 55.0 Å². The number of ether oxygens (including phenoxy) is 1. The minimum atomic E-state index is -0.565. The van der Waals surface area contributed by atoms with Gasteiger partial charge < -0.3 is 21.1 Å². The van der Waals surface area contributed by atoms with Crippen LogP contribution in [0.1, 0.15) is 25.3 Å². The van der Waals surface area contributed by atoms with Crippen molar-refractivity contribution < 1.29 is 9.53 Å². The summed E-state index contributed by atoms with van der Waals surface area (Å²) in [5.74, 6) is 0.990. The number of imidazole rings is 1. The van der Waals surface area contributed by atoms with Gasteiger partial charge in [0.25, 0.3) is 10.9 Å². The molecule has 48 heavy (non-hydrogen) atoms. The van der Waals surface area contributed by atoms with Gasteiger partial charge in [0, 0.05) is 55.7 Å². The molecule has 6 aromatic rings. The molecule has 1 aliphatic heterocycles. The van der Waals surface area contributed by atoms with Gasteiger partial charge >= 0.3 is 0 Å². The number of hydrogen-bond acceptors (Lipinski definition) is 10.